The maximum atomic E-state index is 4.31. The number of imidazole rings is 1. The molecular weight excluding hydrogens is 302 g/mol. The van der Waals surface area contributed by atoms with E-state index < -0.39 is 0 Å². The van der Waals surface area contributed by atoms with Crippen LogP contribution in [0.2, 0.25) is 0 Å². The fourth-order valence-electron chi connectivity index (χ4n) is 1.97. The molecule has 0 aliphatic heterocycles. The van der Waals surface area contributed by atoms with E-state index in [0.29, 0.717) is 0 Å². The first-order valence-electron chi connectivity index (χ1n) is 6.98. The third-order valence-electron chi connectivity index (χ3n) is 3.04. The molecule has 3 rings (SSSR count). The minimum Gasteiger partial charge on any atom is -0.748 e. The summed E-state index contributed by atoms with van der Waals surface area (Å²) in [5.41, 5.74) is 1.32. The largest absolute Gasteiger partial charge is 0.748 e. The van der Waals surface area contributed by atoms with Crippen LogP contribution in [0.25, 0.3) is 0 Å². The molecule has 0 spiro atoms. The fraction of sp³-hybridized carbons (Fsp3) is 0.235. The monoisotopic (exact) mass is 323 g/mol. The van der Waals surface area contributed by atoms with Crippen LogP contribution in [0.3, 0.4) is 0 Å². The number of aromatic nitrogens is 2. The van der Waals surface area contributed by atoms with Crippen molar-refractivity contribution in [1.82, 2.24) is 14.9 Å². The molecule has 0 atom stereocenters. The molecule has 1 heterocycles. The Bertz CT molecular complexity index is 535. The van der Waals surface area contributed by atoms with Crippen molar-refractivity contribution in [3.63, 3.8) is 0 Å². The van der Waals surface area contributed by atoms with Crippen LogP contribution in [-0.4, -0.2) is 9.55 Å². The Labute approximate surface area is 137 Å². The molecule has 4 heteroatoms. The van der Waals surface area contributed by atoms with Crippen LogP contribution in [-0.2, 0) is 36.7 Å². The summed E-state index contributed by atoms with van der Waals surface area (Å²) in [7, 11) is 0. The number of nitrogens with one attached hydrogen (secondary N) is 1. The van der Waals surface area contributed by atoms with Crippen molar-refractivity contribution in [2.75, 3.05) is 0 Å². The van der Waals surface area contributed by atoms with E-state index in [1.165, 1.54) is 5.56 Å². The van der Waals surface area contributed by atoms with Gasteiger partial charge in [-0.05, 0) is 6.92 Å². The molecule has 0 fully saturated rings. The van der Waals surface area contributed by atoms with Crippen LogP contribution in [0.15, 0.2) is 67.0 Å². The van der Waals surface area contributed by atoms with E-state index in [1.807, 2.05) is 42.7 Å². The van der Waals surface area contributed by atoms with Crippen molar-refractivity contribution >= 4 is 0 Å². The SMILES string of the molecule is CCn1ccnc1CNC[c-]1[cH-][cH-][cH-][cH-]1.[Fe].c1cc[cH-]c1. The van der Waals surface area contributed by atoms with Gasteiger partial charge in [0.25, 0.3) is 0 Å². The van der Waals surface area contributed by atoms with E-state index in [2.05, 4.69) is 46.1 Å². The Morgan fingerprint density at radius 1 is 1.24 bits per heavy atom. The van der Waals surface area contributed by atoms with Gasteiger partial charge in [0.1, 0.15) is 5.82 Å². The number of aryl methyl sites for hydroxylation is 1. The summed E-state index contributed by atoms with van der Waals surface area (Å²) < 4.78 is 2.15. The second kappa shape index (κ2) is 10.2. The quantitative estimate of drug-likeness (QED) is 0.577. The van der Waals surface area contributed by atoms with E-state index in [4.69, 9.17) is 0 Å². The molecule has 0 aliphatic carbocycles. The first-order valence-corrected chi connectivity index (χ1v) is 6.98. The molecule has 0 aliphatic rings. The summed E-state index contributed by atoms with van der Waals surface area (Å²) in [6.07, 6.45) is 3.86. The number of hydrogen-bond acceptors (Lipinski definition) is 2. The molecule has 3 aromatic rings. The average Bonchev–Trinajstić information content (AvgIpc) is 3.23. The van der Waals surface area contributed by atoms with Crippen molar-refractivity contribution < 1.29 is 17.1 Å². The Hall–Kier alpha value is -1.61. The zero-order valence-electron chi connectivity index (χ0n) is 12.2. The topological polar surface area (TPSA) is 29.9 Å². The van der Waals surface area contributed by atoms with Crippen LogP contribution in [0, 0.1) is 0 Å². The van der Waals surface area contributed by atoms with Crippen molar-refractivity contribution in [3.05, 3.63) is 78.4 Å². The molecule has 3 nitrogen and oxygen atoms in total. The fourth-order valence-corrected chi connectivity index (χ4v) is 1.97. The molecule has 0 radical (unpaired) electrons. The van der Waals surface area contributed by atoms with E-state index in [0.717, 1.165) is 25.5 Å². The van der Waals surface area contributed by atoms with E-state index >= 15 is 0 Å². The first-order chi connectivity index (χ1) is 9.90. The van der Waals surface area contributed by atoms with E-state index in [9.17, 15) is 0 Å². The molecule has 0 saturated heterocycles. The molecule has 1 N–H and O–H groups in total. The Balaban J connectivity index is 0.000000313. The van der Waals surface area contributed by atoms with Gasteiger partial charge in [0.05, 0.1) is 6.54 Å². The van der Waals surface area contributed by atoms with Gasteiger partial charge < -0.3 is 39.7 Å². The number of hydrogen-bond donors (Lipinski definition) is 1. The normalized spacial score (nSPS) is 9.57. The zero-order chi connectivity index (χ0) is 14.0. The number of nitrogens with zero attached hydrogens (tertiary/aromatic N) is 2. The van der Waals surface area contributed by atoms with Crippen LogP contribution in [0.4, 0.5) is 0 Å². The molecule has 0 bridgehead atoms. The van der Waals surface area contributed by atoms with Gasteiger partial charge in [-0.25, -0.2) is 17.1 Å². The van der Waals surface area contributed by atoms with Gasteiger partial charge in [0.2, 0.25) is 0 Å². The van der Waals surface area contributed by atoms with Crippen molar-refractivity contribution in [3.8, 4) is 0 Å². The summed E-state index contributed by atoms with van der Waals surface area (Å²) >= 11 is 0. The molecule has 0 unspecified atom stereocenters. The maximum Gasteiger partial charge on any atom is 0.122 e. The van der Waals surface area contributed by atoms with Gasteiger partial charge in [-0.3, -0.25) is 0 Å². The maximum absolute atomic E-state index is 4.31. The zero-order valence-corrected chi connectivity index (χ0v) is 13.3. The summed E-state index contributed by atoms with van der Waals surface area (Å²) in [6.45, 7) is 4.84. The summed E-state index contributed by atoms with van der Waals surface area (Å²) in [5, 5.41) is 3.38. The van der Waals surface area contributed by atoms with Crippen molar-refractivity contribution in [1.29, 1.82) is 0 Å². The number of rotatable bonds is 5. The molecule has 0 saturated carbocycles. The predicted molar refractivity (Wildman–Crippen MR) is 82.5 cm³/mol. The minimum atomic E-state index is 0. The van der Waals surface area contributed by atoms with Gasteiger partial charge in [0.15, 0.2) is 0 Å². The van der Waals surface area contributed by atoms with Crippen LogP contribution < -0.4 is 5.32 Å². The van der Waals surface area contributed by atoms with Gasteiger partial charge in [0, 0.05) is 36.0 Å². The average molecular weight is 323 g/mol. The van der Waals surface area contributed by atoms with Gasteiger partial charge in [-0.2, -0.15) is 24.7 Å². The summed E-state index contributed by atoms with van der Waals surface area (Å²) in [4.78, 5) is 4.31. The van der Waals surface area contributed by atoms with Crippen LogP contribution in [0.1, 0.15) is 18.3 Å². The third-order valence-corrected chi connectivity index (χ3v) is 3.04. The first kappa shape index (κ1) is 17.4. The second-order valence-corrected chi connectivity index (χ2v) is 4.49. The van der Waals surface area contributed by atoms with Crippen molar-refractivity contribution in [2.24, 2.45) is 0 Å². The van der Waals surface area contributed by atoms with Gasteiger partial charge in [-0.1, -0.05) is 0 Å². The predicted octanol–water partition coefficient (Wildman–Crippen LogP) is 3.31. The minimum absolute atomic E-state index is 0. The molecule has 21 heavy (non-hydrogen) atoms. The Morgan fingerprint density at radius 3 is 2.52 bits per heavy atom. The molecule has 1 aromatic heterocycles. The summed E-state index contributed by atoms with van der Waals surface area (Å²) in [5.74, 6) is 1.10. The summed E-state index contributed by atoms with van der Waals surface area (Å²) in [6, 6.07) is 18.4. The Kier molecular flexibility index (Phi) is 8.44. The van der Waals surface area contributed by atoms with E-state index in [1.54, 1.807) is 0 Å². The molecular formula is C17H21FeN3-6. The third kappa shape index (κ3) is 6.13. The van der Waals surface area contributed by atoms with Crippen molar-refractivity contribution in [2.45, 2.75) is 26.6 Å². The van der Waals surface area contributed by atoms with Crippen LogP contribution >= 0.6 is 0 Å². The Morgan fingerprint density at radius 2 is 1.95 bits per heavy atom. The van der Waals surface area contributed by atoms with Gasteiger partial charge >= 0.3 is 0 Å². The van der Waals surface area contributed by atoms with E-state index in [-0.39, 0.29) is 17.1 Å². The molecule has 0 amide bonds. The second-order valence-electron chi connectivity index (χ2n) is 4.49. The van der Waals surface area contributed by atoms with Crippen LogP contribution in [0.5, 0.6) is 0 Å². The molecule has 118 valence electrons. The smallest absolute Gasteiger partial charge is 0.122 e. The molecule has 2 aromatic carbocycles. The van der Waals surface area contributed by atoms with Gasteiger partial charge in [-0.15, -0.1) is 0 Å². The standard InChI is InChI=1S/C12H16N3.C5H5.Fe/c1-2-15-8-7-14-12(15)10-13-9-11-5-3-4-6-11;1-2-4-5-3-1;/h3-8,13H,2,9-10H2,1H3;1-5H;/q-5;-1;.